The Balaban J connectivity index is 2.29. The predicted octanol–water partition coefficient (Wildman–Crippen LogP) is 4.96. The third-order valence-electron chi connectivity index (χ3n) is 3.88. The number of aryl methyl sites for hydroxylation is 3. The lowest BCUT2D eigenvalue weighted by atomic mass is 10.1. The van der Waals surface area contributed by atoms with Gasteiger partial charge in [0.15, 0.2) is 4.96 Å². The highest BCUT2D eigenvalue weighted by atomic mass is 35.5. The quantitative estimate of drug-likeness (QED) is 0.681. The van der Waals surface area contributed by atoms with Crippen LogP contribution in [0.4, 0.5) is 0 Å². The lowest BCUT2D eigenvalue weighted by Crippen LogP contribution is -1.98. The normalized spacial score (nSPS) is 11.0. The van der Waals surface area contributed by atoms with Gasteiger partial charge in [-0.3, -0.25) is 4.40 Å². The highest BCUT2D eigenvalue weighted by molar-refractivity contribution is 7.17. The van der Waals surface area contributed by atoms with Gasteiger partial charge in [-0.15, -0.1) is 11.3 Å². The summed E-state index contributed by atoms with van der Waals surface area (Å²) in [6.45, 7) is 6.23. The van der Waals surface area contributed by atoms with E-state index in [1.54, 1.807) is 11.3 Å². The lowest BCUT2D eigenvalue weighted by molar-refractivity contribution is 0.942. The van der Waals surface area contributed by atoms with E-state index >= 15 is 0 Å². The molecule has 0 unspecified atom stereocenters. The SMILES string of the molecule is CCc1c(C)sc2nc(-c3ccc(Cl)c(C)c3)c(CC#N)n12. The summed E-state index contributed by atoms with van der Waals surface area (Å²) in [5, 5.41) is 9.98. The summed E-state index contributed by atoms with van der Waals surface area (Å²) in [6, 6.07) is 8.18. The Bertz CT molecular complexity index is 899. The molecule has 0 aliphatic rings. The Labute approximate surface area is 138 Å². The van der Waals surface area contributed by atoms with E-state index < -0.39 is 0 Å². The number of aromatic nitrogens is 2. The van der Waals surface area contributed by atoms with Crippen LogP contribution in [-0.4, -0.2) is 9.38 Å². The minimum absolute atomic E-state index is 0.349. The van der Waals surface area contributed by atoms with Crippen molar-refractivity contribution in [3.63, 3.8) is 0 Å². The fourth-order valence-corrected chi connectivity index (χ4v) is 3.99. The first-order chi connectivity index (χ1) is 10.6. The highest BCUT2D eigenvalue weighted by Crippen LogP contribution is 2.33. The standard InChI is InChI=1S/C17H16ClN3S/c1-4-14-11(3)22-17-20-16(15(7-8-19)21(14)17)12-5-6-13(18)10(2)9-12/h5-6,9H,4,7H2,1-3H3. The molecule has 112 valence electrons. The van der Waals surface area contributed by atoms with Crippen LogP contribution in [0.2, 0.25) is 5.02 Å². The largest absolute Gasteiger partial charge is 0.290 e. The van der Waals surface area contributed by atoms with Crippen LogP contribution in [0.15, 0.2) is 18.2 Å². The third-order valence-corrected chi connectivity index (χ3v) is 5.30. The third kappa shape index (κ3) is 2.31. The first kappa shape index (κ1) is 15.1. The lowest BCUT2D eigenvalue weighted by Gasteiger charge is -2.05. The van der Waals surface area contributed by atoms with Crippen LogP contribution < -0.4 is 0 Å². The van der Waals surface area contributed by atoms with Crippen LogP contribution in [-0.2, 0) is 12.8 Å². The molecule has 3 aromatic rings. The molecular formula is C17H16ClN3S. The summed E-state index contributed by atoms with van der Waals surface area (Å²) in [6.07, 6.45) is 1.28. The van der Waals surface area contributed by atoms with E-state index in [0.717, 1.165) is 38.9 Å². The number of thiazole rings is 1. The van der Waals surface area contributed by atoms with Crippen LogP contribution in [0.1, 0.15) is 28.8 Å². The Kier molecular flexibility index (Phi) is 3.94. The van der Waals surface area contributed by atoms with Crippen LogP contribution in [0, 0.1) is 25.2 Å². The van der Waals surface area contributed by atoms with Crippen molar-refractivity contribution < 1.29 is 0 Å². The van der Waals surface area contributed by atoms with Gasteiger partial charge in [-0.25, -0.2) is 4.98 Å². The Morgan fingerprint density at radius 3 is 2.73 bits per heavy atom. The van der Waals surface area contributed by atoms with E-state index in [4.69, 9.17) is 16.6 Å². The van der Waals surface area contributed by atoms with Gasteiger partial charge in [0, 0.05) is 21.2 Å². The van der Waals surface area contributed by atoms with Crippen LogP contribution in [0.25, 0.3) is 16.2 Å². The number of nitriles is 1. The molecule has 3 rings (SSSR count). The average molecular weight is 330 g/mol. The van der Waals surface area contributed by atoms with Gasteiger partial charge in [0.1, 0.15) is 0 Å². The van der Waals surface area contributed by atoms with Crippen molar-refractivity contribution in [1.29, 1.82) is 5.26 Å². The molecule has 2 heterocycles. The minimum Gasteiger partial charge on any atom is -0.290 e. The zero-order valence-corrected chi connectivity index (χ0v) is 14.3. The molecule has 0 aliphatic heterocycles. The Hall–Kier alpha value is -1.83. The minimum atomic E-state index is 0.349. The first-order valence-electron chi connectivity index (χ1n) is 7.19. The number of rotatable bonds is 3. The van der Waals surface area contributed by atoms with E-state index in [0.29, 0.717) is 6.42 Å². The molecule has 0 N–H and O–H groups in total. The molecule has 0 fully saturated rings. The molecule has 3 nitrogen and oxygen atoms in total. The number of hydrogen-bond donors (Lipinski definition) is 0. The monoisotopic (exact) mass is 329 g/mol. The Morgan fingerprint density at radius 1 is 1.32 bits per heavy atom. The maximum Gasteiger partial charge on any atom is 0.194 e. The molecule has 1 aromatic carbocycles. The van der Waals surface area contributed by atoms with Crippen molar-refractivity contribution in [2.45, 2.75) is 33.6 Å². The Morgan fingerprint density at radius 2 is 2.09 bits per heavy atom. The van der Waals surface area contributed by atoms with Gasteiger partial charge in [-0.1, -0.05) is 24.6 Å². The maximum atomic E-state index is 9.23. The summed E-state index contributed by atoms with van der Waals surface area (Å²) >= 11 is 7.80. The van der Waals surface area contributed by atoms with Gasteiger partial charge in [0.25, 0.3) is 0 Å². The highest BCUT2D eigenvalue weighted by Gasteiger charge is 2.19. The predicted molar refractivity (Wildman–Crippen MR) is 91.7 cm³/mol. The molecule has 0 amide bonds. The topological polar surface area (TPSA) is 41.1 Å². The molecule has 0 spiro atoms. The molecule has 0 radical (unpaired) electrons. The van der Waals surface area contributed by atoms with E-state index in [1.165, 1.54) is 10.6 Å². The van der Waals surface area contributed by atoms with Gasteiger partial charge < -0.3 is 0 Å². The molecule has 0 aliphatic carbocycles. The number of halogens is 1. The van der Waals surface area contributed by atoms with E-state index in [2.05, 4.69) is 24.3 Å². The van der Waals surface area contributed by atoms with E-state index in [9.17, 15) is 5.26 Å². The molecule has 0 saturated carbocycles. The molecule has 2 aromatic heterocycles. The maximum absolute atomic E-state index is 9.23. The van der Waals surface area contributed by atoms with Gasteiger partial charge in [0.05, 0.1) is 23.9 Å². The van der Waals surface area contributed by atoms with Crippen LogP contribution in [0.3, 0.4) is 0 Å². The average Bonchev–Trinajstić information content (AvgIpc) is 2.98. The summed E-state index contributed by atoms with van der Waals surface area (Å²) in [5.74, 6) is 0. The zero-order chi connectivity index (χ0) is 15.9. The number of hydrogen-bond acceptors (Lipinski definition) is 3. The molecule has 0 saturated heterocycles. The van der Waals surface area contributed by atoms with Crippen molar-refractivity contribution >= 4 is 27.9 Å². The summed E-state index contributed by atoms with van der Waals surface area (Å²) in [5.41, 5.74) is 5.14. The molecule has 0 bridgehead atoms. The van der Waals surface area contributed by atoms with Crippen molar-refractivity contribution in [1.82, 2.24) is 9.38 Å². The van der Waals surface area contributed by atoms with Crippen molar-refractivity contribution in [2.75, 3.05) is 0 Å². The fraction of sp³-hybridized carbons (Fsp3) is 0.294. The molecular weight excluding hydrogens is 314 g/mol. The first-order valence-corrected chi connectivity index (χ1v) is 8.39. The van der Waals surface area contributed by atoms with Crippen LogP contribution >= 0.6 is 22.9 Å². The van der Waals surface area contributed by atoms with Gasteiger partial charge >= 0.3 is 0 Å². The second-order valence-electron chi connectivity index (χ2n) is 5.28. The van der Waals surface area contributed by atoms with E-state index in [-0.39, 0.29) is 0 Å². The number of nitrogens with zero attached hydrogens (tertiary/aromatic N) is 3. The zero-order valence-electron chi connectivity index (χ0n) is 12.8. The summed E-state index contributed by atoms with van der Waals surface area (Å²) < 4.78 is 2.16. The fourth-order valence-electron chi connectivity index (χ4n) is 2.80. The number of benzene rings is 1. The second-order valence-corrected chi connectivity index (χ2v) is 6.87. The number of fused-ring (bicyclic) bond motifs is 1. The second kappa shape index (κ2) is 5.75. The summed E-state index contributed by atoms with van der Waals surface area (Å²) in [4.78, 5) is 7.02. The van der Waals surface area contributed by atoms with Gasteiger partial charge in [-0.05, 0) is 38.0 Å². The van der Waals surface area contributed by atoms with Gasteiger partial charge in [0.2, 0.25) is 0 Å². The molecule has 22 heavy (non-hydrogen) atoms. The van der Waals surface area contributed by atoms with Crippen molar-refractivity contribution in [3.8, 4) is 17.3 Å². The number of imidazole rings is 1. The molecule has 5 heteroatoms. The van der Waals surface area contributed by atoms with Crippen molar-refractivity contribution in [2.24, 2.45) is 0 Å². The van der Waals surface area contributed by atoms with Crippen molar-refractivity contribution in [3.05, 3.63) is 45.1 Å². The smallest absolute Gasteiger partial charge is 0.194 e. The van der Waals surface area contributed by atoms with Crippen LogP contribution in [0.5, 0.6) is 0 Å². The molecule has 0 atom stereocenters. The summed E-state index contributed by atoms with van der Waals surface area (Å²) in [7, 11) is 0. The van der Waals surface area contributed by atoms with Gasteiger partial charge in [-0.2, -0.15) is 5.26 Å². The van der Waals surface area contributed by atoms with E-state index in [1.807, 2.05) is 25.1 Å².